The normalized spacial score (nSPS) is 24.8. The highest BCUT2D eigenvalue weighted by atomic mass is 16.1. The summed E-state index contributed by atoms with van der Waals surface area (Å²) in [5.74, 6) is 0.588. The number of nitriles is 1. The third-order valence-corrected chi connectivity index (χ3v) is 3.48. The lowest BCUT2D eigenvalue weighted by molar-refractivity contribution is -0.117. The molecule has 1 N–H and O–H groups in total. The molecule has 2 saturated carbocycles. The van der Waals surface area contributed by atoms with Gasteiger partial charge in [0.05, 0.1) is 0 Å². The summed E-state index contributed by atoms with van der Waals surface area (Å²) in [6.45, 7) is 2.23. The third kappa shape index (κ3) is 2.63. The maximum atomic E-state index is 11.8. The molecule has 1 amide bonds. The molecule has 86 valence electrons. The van der Waals surface area contributed by atoms with Gasteiger partial charge >= 0.3 is 0 Å². The lowest BCUT2D eigenvalue weighted by Crippen LogP contribution is -2.27. The monoisotopic (exact) mass is 218 g/mol. The fourth-order valence-electron chi connectivity index (χ4n) is 2.14. The van der Waals surface area contributed by atoms with E-state index in [2.05, 4.69) is 18.3 Å². The maximum absolute atomic E-state index is 11.8. The molecule has 0 spiro atoms. The Bertz CT molecular complexity index is 351. The van der Waals surface area contributed by atoms with Crippen LogP contribution in [0.4, 0.5) is 0 Å². The van der Waals surface area contributed by atoms with Crippen LogP contribution in [0, 0.1) is 17.2 Å². The largest absolute Gasteiger partial charge is 0.349 e. The molecule has 0 heterocycles. The molecule has 2 aliphatic carbocycles. The molecule has 2 aliphatic rings. The van der Waals surface area contributed by atoms with E-state index in [-0.39, 0.29) is 5.91 Å². The van der Waals surface area contributed by atoms with Crippen molar-refractivity contribution in [2.45, 2.75) is 51.5 Å². The molecule has 0 radical (unpaired) electrons. The van der Waals surface area contributed by atoms with Crippen molar-refractivity contribution >= 4 is 5.91 Å². The van der Waals surface area contributed by atoms with Gasteiger partial charge in [0, 0.05) is 6.04 Å². The van der Waals surface area contributed by atoms with E-state index < -0.39 is 0 Å². The Morgan fingerprint density at radius 2 is 1.94 bits per heavy atom. The summed E-state index contributed by atoms with van der Waals surface area (Å²) >= 11 is 0. The van der Waals surface area contributed by atoms with Crippen molar-refractivity contribution < 1.29 is 4.79 Å². The molecule has 0 aromatic carbocycles. The molecular formula is C13H18N2O. The zero-order valence-corrected chi connectivity index (χ0v) is 9.75. The minimum atomic E-state index is -0.144. The smallest absolute Gasteiger partial charge is 0.262 e. The molecule has 0 aromatic rings. The average Bonchev–Trinajstić information content (AvgIpc) is 3.06. The summed E-state index contributed by atoms with van der Waals surface area (Å²) in [5.41, 5.74) is 1.46. The summed E-state index contributed by atoms with van der Waals surface area (Å²) in [6.07, 6.45) is 6.19. The number of hydrogen-bond acceptors (Lipinski definition) is 2. The van der Waals surface area contributed by atoms with Gasteiger partial charge in [-0.05, 0) is 50.0 Å². The van der Waals surface area contributed by atoms with Crippen molar-refractivity contribution in [1.82, 2.24) is 5.32 Å². The predicted molar refractivity (Wildman–Crippen MR) is 61.4 cm³/mol. The Morgan fingerprint density at radius 1 is 1.31 bits per heavy atom. The van der Waals surface area contributed by atoms with Crippen molar-refractivity contribution in [1.29, 1.82) is 5.26 Å². The second kappa shape index (κ2) is 4.69. The zero-order valence-electron chi connectivity index (χ0n) is 9.75. The van der Waals surface area contributed by atoms with Crippen LogP contribution in [-0.4, -0.2) is 11.9 Å². The lowest BCUT2D eigenvalue weighted by Gasteiger charge is -2.21. The van der Waals surface area contributed by atoms with Crippen LogP contribution in [0.1, 0.15) is 45.4 Å². The van der Waals surface area contributed by atoms with E-state index in [1.807, 2.05) is 0 Å². The molecule has 0 aliphatic heterocycles. The molecule has 0 atom stereocenters. The third-order valence-electron chi connectivity index (χ3n) is 3.48. The summed E-state index contributed by atoms with van der Waals surface area (Å²) < 4.78 is 0. The molecule has 0 bridgehead atoms. The van der Waals surface area contributed by atoms with Gasteiger partial charge in [-0.1, -0.05) is 6.92 Å². The average molecular weight is 218 g/mol. The van der Waals surface area contributed by atoms with Gasteiger partial charge in [0.1, 0.15) is 11.6 Å². The first kappa shape index (κ1) is 11.2. The number of hydrogen-bond donors (Lipinski definition) is 1. The Balaban J connectivity index is 2.04. The number of nitrogens with zero attached hydrogens (tertiary/aromatic N) is 1. The number of allylic oxidation sites excluding steroid dienone is 1. The van der Waals surface area contributed by atoms with Crippen molar-refractivity contribution in [3.63, 3.8) is 0 Å². The van der Waals surface area contributed by atoms with Crippen LogP contribution in [0.5, 0.6) is 0 Å². The summed E-state index contributed by atoms with van der Waals surface area (Å²) in [5, 5.41) is 12.0. The fourth-order valence-corrected chi connectivity index (χ4v) is 2.14. The van der Waals surface area contributed by atoms with Crippen molar-refractivity contribution in [2.75, 3.05) is 0 Å². The van der Waals surface area contributed by atoms with E-state index >= 15 is 0 Å². The molecule has 0 aromatic heterocycles. The van der Waals surface area contributed by atoms with Crippen LogP contribution in [0.15, 0.2) is 11.1 Å². The number of nitrogens with one attached hydrogen (secondary N) is 1. The second-order valence-corrected chi connectivity index (χ2v) is 5.02. The van der Waals surface area contributed by atoms with Gasteiger partial charge in [0.2, 0.25) is 0 Å². The highest BCUT2D eigenvalue weighted by Gasteiger charge is 2.26. The van der Waals surface area contributed by atoms with E-state index in [0.717, 1.165) is 50.0 Å². The van der Waals surface area contributed by atoms with Crippen LogP contribution in [0.3, 0.4) is 0 Å². The van der Waals surface area contributed by atoms with Crippen LogP contribution < -0.4 is 5.32 Å². The van der Waals surface area contributed by atoms with E-state index in [1.165, 1.54) is 0 Å². The molecule has 0 unspecified atom stereocenters. The van der Waals surface area contributed by atoms with Gasteiger partial charge in [0.15, 0.2) is 0 Å². The summed E-state index contributed by atoms with van der Waals surface area (Å²) in [7, 11) is 0. The Morgan fingerprint density at radius 3 is 2.44 bits per heavy atom. The highest BCUT2D eigenvalue weighted by molar-refractivity contribution is 5.98. The van der Waals surface area contributed by atoms with E-state index in [9.17, 15) is 4.79 Å². The summed E-state index contributed by atoms with van der Waals surface area (Å²) in [6, 6.07) is 2.42. The number of rotatable bonds is 2. The molecule has 3 heteroatoms. The molecule has 3 nitrogen and oxygen atoms in total. The Hall–Kier alpha value is -1.30. The minimum absolute atomic E-state index is 0.144. The first-order valence-electron chi connectivity index (χ1n) is 6.13. The van der Waals surface area contributed by atoms with Crippen molar-refractivity contribution in [2.24, 2.45) is 5.92 Å². The Labute approximate surface area is 96.5 Å². The topological polar surface area (TPSA) is 52.9 Å². The van der Waals surface area contributed by atoms with Crippen LogP contribution in [0.2, 0.25) is 0 Å². The van der Waals surface area contributed by atoms with Crippen LogP contribution >= 0.6 is 0 Å². The number of carbonyl (C=O) groups is 1. The molecule has 2 fully saturated rings. The van der Waals surface area contributed by atoms with Gasteiger partial charge in [-0.25, -0.2) is 0 Å². The maximum Gasteiger partial charge on any atom is 0.262 e. The van der Waals surface area contributed by atoms with Gasteiger partial charge in [-0.2, -0.15) is 5.26 Å². The Kier molecular flexibility index (Phi) is 3.28. The van der Waals surface area contributed by atoms with Crippen LogP contribution in [-0.2, 0) is 4.79 Å². The molecule has 16 heavy (non-hydrogen) atoms. The fraction of sp³-hybridized carbons (Fsp3) is 0.692. The lowest BCUT2D eigenvalue weighted by atomic mass is 9.85. The summed E-state index contributed by atoms with van der Waals surface area (Å²) in [4.78, 5) is 11.8. The number of amides is 1. The number of carbonyl (C=O) groups excluding carboxylic acids is 1. The minimum Gasteiger partial charge on any atom is -0.349 e. The van der Waals surface area contributed by atoms with Gasteiger partial charge in [-0.15, -0.1) is 0 Å². The highest BCUT2D eigenvalue weighted by Crippen LogP contribution is 2.30. The van der Waals surface area contributed by atoms with Gasteiger partial charge in [-0.3, -0.25) is 4.79 Å². The second-order valence-electron chi connectivity index (χ2n) is 5.02. The standard InChI is InChI=1S/C13H18N2O/c1-9-2-4-10(5-3-9)12(8-14)13(16)15-11-6-7-11/h9,11H,2-7H2,1H3,(H,15,16). The van der Waals surface area contributed by atoms with Crippen molar-refractivity contribution in [3.05, 3.63) is 11.1 Å². The van der Waals surface area contributed by atoms with E-state index in [1.54, 1.807) is 0 Å². The van der Waals surface area contributed by atoms with Crippen molar-refractivity contribution in [3.8, 4) is 6.07 Å². The molecule has 0 saturated heterocycles. The van der Waals surface area contributed by atoms with Crippen LogP contribution in [0.25, 0.3) is 0 Å². The molecular weight excluding hydrogens is 200 g/mol. The van der Waals surface area contributed by atoms with E-state index in [0.29, 0.717) is 11.6 Å². The molecule has 2 rings (SSSR count). The first-order chi connectivity index (χ1) is 7.70. The first-order valence-corrected chi connectivity index (χ1v) is 6.13. The quantitative estimate of drug-likeness (QED) is 0.571. The van der Waals surface area contributed by atoms with Gasteiger partial charge in [0.25, 0.3) is 5.91 Å². The zero-order chi connectivity index (χ0) is 11.5. The SMILES string of the molecule is CC1CCC(=C(C#N)C(=O)NC2CC2)CC1. The predicted octanol–water partition coefficient (Wildman–Crippen LogP) is 2.30. The van der Waals surface area contributed by atoms with E-state index in [4.69, 9.17) is 5.26 Å². The van der Waals surface area contributed by atoms with Gasteiger partial charge < -0.3 is 5.32 Å².